The van der Waals surface area contributed by atoms with E-state index in [0.717, 1.165) is 5.56 Å². The van der Waals surface area contributed by atoms with Crippen molar-refractivity contribution in [2.24, 2.45) is 0 Å². The third-order valence-electron chi connectivity index (χ3n) is 3.25. The molecule has 0 amide bonds. The number of nitrogens with zero attached hydrogens (tertiary/aromatic N) is 2. The predicted molar refractivity (Wildman–Crippen MR) is 84.0 cm³/mol. The van der Waals surface area contributed by atoms with Crippen molar-refractivity contribution < 1.29 is 17.9 Å². The van der Waals surface area contributed by atoms with Gasteiger partial charge in [0, 0.05) is 16.8 Å². The average molecular weight is 331 g/mol. The Hall–Kier alpha value is -3.09. The molecule has 0 unspecified atom stereocenters. The van der Waals surface area contributed by atoms with Gasteiger partial charge in [-0.2, -0.15) is 0 Å². The minimum atomic E-state index is -4.71. The topological polar surface area (TPSA) is 61.0 Å². The number of rotatable bonds is 3. The van der Waals surface area contributed by atoms with Gasteiger partial charge in [-0.15, -0.1) is 23.4 Å². The maximum Gasteiger partial charge on any atom is 0.573 e. The molecule has 4 nitrogen and oxygen atoms in total. The SMILES string of the molecule is Nc1ccc(-c2ccc(-c3ccc(OC(F)(F)F)cc3)nn2)cc1. The standard InChI is InChI=1S/C17H12F3N3O/c18-17(19,20)24-14-7-3-12(4-8-14)16-10-9-15(22-23-16)11-1-5-13(21)6-2-11/h1-10H,21H2. The second-order valence-corrected chi connectivity index (χ2v) is 5.00. The van der Waals surface area contributed by atoms with Crippen LogP contribution in [0.2, 0.25) is 0 Å². The zero-order valence-electron chi connectivity index (χ0n) is 12.3. The number of hydrogen-bond donors (Lipinski definition) is 1. The monoisotopic (exact) mass is 331 g/mol. The highest BCUT2D eigenvalue weighted by Gasteiger charge is 2.30. The first-order valence-corrected chi connectivity index (χ1v) is 6.96. The summed E-state index contributed by atoms with van der Waals surface area (Å²) in [4.78, 5) is 0. The van der Waals surface area contributed by atoms with Crippen LogP contribution in [0.15, 0.2) is 60.7 Å². The lowest BCUT2D eigenvalue weighted by Gasteiger charge is -2.09. The number of anilines is 1. The fraction of sp³-hybridized carbons (Fsp3) is 0.0588. The summed E-state index contributed by atoms with van der Waals surface area (Å²) in [7, 11) is 0. The highest BCUT2D eigenvalue weighted by molar-refractivity contribution is 5.65. The Morgan fingerprint density at radius 3 is 1.58 bits per heavy atom. The van der Waals surface area contributed by atoms with Gasteiger partial charge in [0.25, 0.3) is 0 Å². The number of aromatic nitrogens is 2. The van der Waals surface area contributed by atoms with Gasteiger partial charge in [-0.3, -0.25) is 0 Å². The molecule has 24 heavy (non-hydrogen) atoms. The third-order valence-corrected chi connectivity index (χ3v) is 3.25. The zero-order valence-corrected chi connectivity index (χ0v) is 12.3. The average Bonchev–Trinajstić information content (AvgIpc) is 2.55. The van der Waals surface area contributed by atoms with Crippen LogP contribution in [0.25, 0.3) is 22.5 Å². The molecule has 0 spiro atoms. The molecule has 0 fully saturated rings. The van der Waals surface area contributed by atoms with E-state index < -0.39 is 6.36 Å². The number of benzene rings is 2. The van der Waals surface area contributed by atoms with E-state index >= 15 is 0 Å². The molecule has 0 saturated heterocycles. The van der Waals surface area contributed by atoms with Crippen molar-refractivity contribution in [3.8, 4) is 28.3 Å². The Kier molecular flexibility index (Phi) is 4.07. The maximum atomic E-state index is 12.1. The summed E-state index contributed by atoms with van der Waals surface area (Å²) in [6.45, 7) is 0. The van der Waals surface area contributed by atoms with Crippen LogP contribution in [-0.4, -0.2) is 16.6 Å². The number of nitrogens with two attached hydrogens (primary N) is 1. The Balaban J connectivity index is 1.79. The quantitative estimate of drug-likeness (QED) is 0.727. The van der Waals surface area contributed by atoms with Gasteiger partial charge in [0.1, 0.15) is 5.75 Å². The molecule has 3 rings (SSSR count). The molecule has 0 saturated carbocycles. The van der Waals surface area contributed by atoms with Gasteiger partial charge < -0.3 is 10.5 Å². The molecular weight excluding hydrogens is 319 g/mol. The summed E-state index contributed by atoms with van der Waals surface area (Å²) < 4.78 is 40.3. The second-order valence-electron chi connectivity index (χ2n) is 5.00. The van der Waals surface area contributed by atoms with Crippen molar-refractivity contribution in [3.63, 3.8) is 0 Å². The lowest BCUT2D eigenvalue weighted by Crippen LogP contribution is -2.16. The van der Waals surface area contributed by atoms with Crippen molar-refractivity contribution in [2.75, 3.05) is 5.73 Å². The van der Waals surface area contributed by atoms with Gasteiger partial charge in [0.15, 0.2) is 0 Å². The molecule has 122 valence electrons. The van der Waals surface area contributed by atoms with Gasteiger partial charge in [-0.05, 0) is 48.5 Å². The molecule has 7 heteroatoms. The van der Waals surface area contributed by atoms with Gasteiger partial charge in [-0.25, -0.2) is 0 Å². The van der Waals surface area contributed by atoms with E-state index in [2.05, 4.69) is 14.9 Å². The summed E-state index contributed by atoms with van der Waals surface area (Å²) in [5, 5.41) is 8.24. The van der Waals surface area contributed by atoms with Crippen molar-refractivity contribution >= 4 is 5.69 Å². The van der Waals surface area contributed by atoms with E-state index in [-0.39, 0.29) is 5.75 Å². The molecule has 1 aromatic heterocycles. The summed E-state index contributed by atoms with van der Waals surface area (Å²) in [6.07, 6.45) is -4.71. The number of ether oxygens (including phenoxy) is 1. The van der Waals surface area contributed by atoms with Crippen LogP contribution in [0.3, 0.4) is 0 Å². The lowest BCUT2D eigenvalue weighted by molar-refractivity contribution is -0.274. The Morgan fingerprint density at radius 1 is 0.708 bits per heavy atom. The molecule has 0 radical (unpaired) electrons. The first-order chi connectivity index (χ1) is 11.4. The van der Waals surface area contributed by atoms with Gasteiger partial charge in [-0.1, -0.05) is 12.1 Å². The highest BCUT2D eigenvalue weighted by Crippen LogP contribution is 2.26. The fourth-order valence-electron chi connectivity index (χ4n) is 2.12. The largest absolute Gasteiger partial charge is 0.573 e. The third kappa shape index (κ3) is 3.81. The molecule has 0 aliphatic heterocycles. The normalized spacial score (nSPS) is 11.3. The van der Waals surface area contributed by atoms with E-state index in [0.29, 0.717) is 22.6 Å². The minimum Gasteiger partial charge on any atom is -0.406 e. The van der Waals surface area contributed by atoms with E-state index in [9.17, 15) is 13.2 Å². The van der Waals surface area contributed by atoms with Gasteiger partial charge in [0.2, 0.25) is 0 Å². The molecule has 3 aromatic rings. The minimum absolute atomic E-state index is 0.280. The molecule has 0 aliphatic rings. The van der Waals surface area contributed by atoms with Crippen molar-refractivity contribution in [1.82, 2.24) is 10.2 Å². The van der Waals surface area contributed by atoms with E-state index in [4.69, 9.17) is 5.73 Å². The molecule has 2 aromatic carbocycles. The van der Waals surface area contributed by atoms with Crippen molar-refractivity contribution in [3.05, 3.63) is 60.7 Å². The number of hydrogen-bond acceptors (Lipinski definition) is 4. The summed E-state index contributed by atoms with van der Waals surface area (Å²) in [5.74, 6) is -0.280. The first-order valence-electron chi connectivity index (χ1n) is 6.96. The zero-order chi connectivity index (χ0) is 17.2. The van der Waals surface area contributed by atoms with Crippen LogP contribution in [0.4, 0.5) is 18.9 Å². The summed E-state index contributed by atoms with van der Waals surface area (Å²) >= 11 is 0. The van der Waals surface area contributed by atoms with E-state index in [1.165, 1.54) is 24.3 Å². The Bertz CT molecular complexity index is 814. The summed E-state index contributed by atoms with van der Waals surface area (Å²) in [6, 6.07) is 16.2. The maximum absolute atomic E-state index is 12.1. The molecule has 1 heterocycles. The Morgan fingerprint density at radius 2 is 1.17 bits per heavy atom. The van der Waals surface area contributed by atoms with Crippen LogP contribution in [0, 0.1) is 0 Å². The predicted octanol–water partition coefficient (Wildman–Crippen LogP) is 4.29. The second kappa shape index (κ2) is 6.19. The van der Waals surface area contributed by atoms with Crippen LogP contribution in [0.1, 0.15) is 0 Å². The number of halogens is 3. The summed E-state index contributed by atoms with van der Waals surface area (Å²) in [5.41, 5.74) is 9.03. The lowest BCUT2D eigenvalue weighted by atomic mass is 10.1. The molecule has 0 aliphatic carbocycles. The van der Waals surface area contributed by atoms with E-state index in [1.807, 2.05) is 12.1 Å². The smallest absolute Gasteiger partial charge is 0.406 e. The number of nitrogen functional groups attached to an aromatic ring is 1. The van der Waals surface area contributed by atoms with Gasteiger partial charge in [0.05, 0.1) is 11.4 Å². The fourth-order valence-corrected chi connectivity index (χ4v) is 2.12. The Labute approximate surface area is 135 Å². The molecule has 2 N–H and O–H groups in total. The first kappa shape index (κ1) is 15.8. The van der Waals surface area contributed by atoms with Crippen LogP contribution in [0.5, 0.6) is 5.75 Å². The number of alkyl halides is 3. The van der Waals surface area contributed by atoms with Crippen molar-refractivity contribution in [2.45, 2.75) is 6.36 Å². The molecule has 0 atom stereocenters. The highest BCUT2D eigenvalue weighted by atomic mass is 19.4. The van der Waals surface area contributed by atoms with Crippen LogP contribution in [-0.2, 0) is 0 Å². The van der Waals surface area contributed by atoms with Crippen molar-refractivity contribution in [1.29, 1.82) is 0 Å². The molecule has 0 bridgehead atoms. The van der Waals surface area contributed by atoms with E-state index in [1.54, 1.807) is 24.3 Å². The van der Waals surface area contributed by atoms with Crippen LogP contribution < -0.4 is 10.5 Å². The van der Waals surface area contributed by atoms with Crippen LogP contribution >= 0.6 is 0 Å². The molecular formula is C17H12F3N3O. The van der Waals surface area contributed by atoms with Gasteiger partial charge >= 0.3 is 6.36 Å².